The molecule has 1 aromatic heterocycles. The van der Waals surface area contributed by atoms with Crippen LogP contribution in [0.4, 0.5) is 11.6 Å². The second-order valence-corrected chi connectivity index (χ2v) is 4.98. The highest BCUT2D eigenvalue weighted by atomic mass is 32.2. The third kappa shape index (κ3) is 3.00. The molecule has 1 atom stereocenters. The molecular weight excluding hydrogens is 208 g/mol. The number of nitrogens with zero attached hydrogens (tertiary/aromatic N) is 1. The summed E-state index contributed by atoms with van der Waals surface area (Å²) in [6, 6.07) is 5.74. The van der Waals surface area contributed by atoms with E-state index in [9.17, 15) is 0 Å². The van der Waals surface area contributed by atoms with Gasteiger partial charge in [-0.25, -0.2) is 10.8 Å². The van der Waals surface area contributed by atoms with Crippen molar-refractivity contribution in [2.45, 2.75) is 18.1 Å². The number of rotatable bonds is 4. The molecule has 4 N–H and O–H groups in total. The van der Waals surface area contributed by atoms with Crippen LogP contribution in [0.3, 0.4) is 0 Å². The molecule has 2 heterocycles. The third-order valence-electron chi connectivity index (χ3n) is 2.43. The molecular formula is C10H16N4S. The second-order valence-electron chi connectivity index (χ2n) is 3.57. The van der Waals surface area contributed by atoms with Gasteiger partial charge >= 0.3 is 0 Å². The summed E-state index contributed by atoms with van der Waals surface area (Å²) in [4.78, 5) is 4.30. The number of hydrogen-bond donors (Lipinski definition) is 3. The summed E-state index contributed by atoms with van der Waals surface area (Å²) in [7, 11) is 0. The molecule has 1 saturated heterocycles. The number of aromatic nitrogens is 1. The first-order chi connectivity index (χ1) is 7.38. The Labute approximate surface area is 94.0 Å². The molecule has 0 saturated carbocycles. The highest BCUT2D eigenvalue weighted by Gasteiger charge is 2.14. The highest BCUT2D eigenvalue weighted by Crippen LogP contribution is 2.26. The molecule has 0 radical (unpaired) electrons. The van der Waals surface area contributed by atoms with Crippen LogP contribution in [0.15, 0.2) is 18.2 Å². The van der Waals surface area contributed by atoms with Crippen LogP contribution in [-0.2, 0) is 0 Å². The summed E-state index contributed by atoms with van der Waals surface area (Å²) in [5, 5.41) is 4.07. The van der Waals surface area contributed by atoms with Crippen LogP contribution in [-0.4, -0.2) is 22.5 Å². The largest absolute Gasteiger partial charge is 0.369 e. The van der Waals surface area contributed by atoms with E-state index in [4.69, 9.17) is 5.84 Å². The lowest BCUT2D eigenvalue weighted by atomic mass is 10.2. The smallest absolute Gasteiger partial charge is 0.142 e. The minimum atomic E-state index is 0.694. The summed E-state index contributed by atoms with van der Waals surface area (Å²) in [5.41, 5.74) is 2.54. The summed E-state index contributed by atoms with van der Waals surface area (Å²) >= 11 is 2.04. The maximum absolute atomic E-state index is 5.29. The summed E-state index contributed by atoms with van der Waals surface area (Å²) in [5.74, 6) is 8.17. The number of thioether (sulfide) groups is 1. The van der Waals surface area contributed by atoms with Crippen LogP contribution in [0.1, 0.15) is 12.8 Å². The Hall–Kier alpha value is -0.940. The van der Waals surface area contributed by atoms with Crippen LogP contribution in [0, 0.1) is 0 Å². The Kier molecular flexibility index (Phi) is 3.69. The molecule has 0 amide bonds. The Bertz CT molecular complexity index is 312. The molecule has 0 bridgehead atoms. The van der Waals surface area contributed by atoms with Crippen molar-refractivity contribution >= 4 is 23.4 Å². The topological polar surface area (TPSA) is 63.0 Å². The zero-order valence-electron chi connectivity index (χ0n) is 8.57. The van der Waals surface area contributed by atoms with Gasteiger partial charge < -0.3 is 10.7 Å². The zero-order valence-corrected chi connectivity index (χ0v) is 9.39. The first-order valence-electron chi connectivity index (χ1n) is 5.17. The number of nitrogens with one attached hydrogen (secondary N) is 2. The van der Waals surface area contributed by atoms with Crippen LogP contribution >= 0.6 is 11.8 Å². The van der Waals surface area contributed by atoms with Crippen molar-refractivity contribution in [1.29, 1.82) is 0 Å². The van der Waals surface area contributed by atoms with Gasteiger partial charge in [0.05, 0.1) is 0 Å². The Morgan fingerprint density at radius 2 is 2.33 bits per heavy atom. The minimum Gasteiger partial charge on any atom is -0.369 e. The standard InChI is InChI=1S/C10H16N4S/c11-14-10-5-1-4-9(13-10)12-7-8-3-2-6-15-8/h1,4-5,8H,2-3,6-7,11H2,(H2,12,13,14). The first-order valence-corrected chi connectivity index (χ1v) is 6.22. The van der Waals surface area contributed by atoms with Crippen molar-refractivity contribution in [3.05, 3.63) is 18.2 Å². The van der Waals surface area contributed by atoms with Crippen LogP contribution in [0.2, 0.25) is 0 Å². The van der Waals surface area contributed by atoms with Gasteiger partial charge in [0.25, 0.3) is 0 Å². The molecule has 1 unspecified atom stereocenters. The minimum absolute atomic E-state index is 0.694. The molecule has 1 aliphatic heterocycles. The quantitative estimate of drug-likeness (QED) is 0.536. The Balaban J connectivity index is 1.86. The van der Waals surface area contributed by atoms with Crippen LogP contribution in [0.25, 0.3) is 0 Å². The van der Waals surface area contributed by atoms with Crippen molar-refractivity contribution < 1.29 is 0 Å². The zero-order chi connectivity index (χ0) is 10.5. The van der Waals surface area contributed by atoms with E-state index in [1.807, 2.05) is 30.0 Å². The number of pyridine rings is 1. The van der Waals surface area contributed by atoms with Crippen molar-refractivity contribution in [2.24, 2.45) is 5.84 Å². The van der Waals surface area contributed by atoms with E-state index in [1.165, 1.54) is 18.6 Å². The average molecular weight is 224 g/mol. The molecule has 1 aliphatic rings. The Morgan fingerprint density at radius 1 is 1.47 bits per heavy atom. The van der Waals surface area contributed by atoms with Gasteiger partial charge in [-0.3, -0.25) is 0 Å². The van der Waals surface area contributed by atoms with Gasteiger partial charge in [0.2, 0.25) is 0 Å². The molecule has 15 heavy (non-hydrogen) atoms. The predicted octanol–water partition coefficient (Wildman–Crippen LogP) is 1.67. The van der Waals surface area contributed by atoms with Gasteiger partial charge in [-0.05, 0) is 30.7 Å². The number of nitrogens with two attached hydrogens (primary N) is 1. The summed E-state index contributed by atoms with van der Waals surface area (Å²) in [6.45, 7) is 0.992. The number of hydrogen-bond acceptors (Lipinski definition) is 5. The SMILES string of the molecule is NNc1cccc(NCC2CCCS2)n1. The summed E-state index contributed by atoms with van der Waals surface area (Å²) < 4.78 is 0. The average Bonchev–Trinajstić information content (AvgIpc) is 2.79. The molecule has 82 valence electrons. The van der Waals surface area contributed by atoms with Crippen molar-refractivity contribution in [1.82, 2.24) is 4.98 Å². The van der Waals surface area contributed by atoms with E-state index in [0.29, 0.717) is 5.82 Å². The van der Waals surface area contributed by atoms with E-state index in [2.05, 4.69) is 15.7 Å². The second kappa shape index (κ2) is 5.23. The molecule has 1 fully saturated rings. The van der Waals surface area contributed by atoms with Gasteiger partial charge in [0.1, 0.15) is 11.6 Å². The fourth-order valence-electron chi connectivity index (χ4n) is 1.64. The van der Waals surface area contributed by atoms with Crippen LogP contribution < -0.4 is 16.6 Å². The Morgan fingerprint density at radius 3 is 3.07 bits per heavy atom. The lowest BCUT2D eigenvalue weighted by Gasteiger charge is -2.11. The van der Waals surface area contributed by atoms with Gasteiger partial charge in [0, 0.05) is 11.8 Å². The van der Waals surface area contributed by atoms with Crippen molar-refractivity contribution in [3.63, 3.8) is 0 Å². The van der Waals surface area contributed by atoms with Crippen molar-refractivity contribution in [2.75, 3.05) is 23.0 Å². The lowest BCUT2D eigenvalue weighted by molar-refractivity contribution is 0.803. The van der Waals surface area contributed by atoms with Gasteiger partial charge in [0.15, 0.2) is 0 Å². The van der Waals surface area contributed by atoms with Crippen molar-refractivity contribution in [3.8, 4) is 0 Å². The molecule has 0 aromatic carbocycles. The lowest BCUT2D eigenvalue weighted by Crippen LogP contribution is -2.15. The highest BCUT2D eigenvalue weighted by molar-refractivity contribution is 8.00. The van der Waals surface area contributed by atoms with E-state index in [-0.39, 0.29) is 0 Å². The molecule has 0 spiro atoms. The molecule has 2 rings (SSSR count). The van der Waals surface area contributed by atoms with Gasteiger partial charge in [-0.2, -0.15) is 11.8 Å². The fourth-order valence-corrected chi connectivity index (χ4v) is 2.84. The maximum atomic E-state index is 5.29. The normalized spacial score (nSPS) is 20.2. The van der Waals surface area contributed by atoms with E-state index in [0.717, 1.165) is 17.6 Å². The number of nitrogen functional groups attached to an aromatic ring is 1. The predicted molar refractivity (Wildman–Crippen MR) is 66.0 cm³/mol. The monoisotopic (exact) mass is 224 g/mol. The number of hydrazine groups is 1. The number of anilines is 2. The third-order valence-corrected chi connectivity index (χ3v) is 3.83. The van der Waals surface area contributed by atoms with E-state index < -0.39 is 0 Å². The van der Waals surface area contributed by atoms with E-state index in [1.54, 1.807) is 0 Å². The molecule has 4 nitrogen and oxygen atoms in total. The molecule has 1 aromatic rings. The summed E-state index contributed by atoms with van der Waals surface area (Å²) in [6.07, 6.45) is 2.65. The van der Waals surface area contributed by atoms with Crippen LogP contribution in [0.5, 0.6) is 0 Å². The van der Waals surface area contributed by atoms with Gasteiger partial charge in [-0.1, -0.05) is 6.07 Å². The molecule has 0 aliphatic carbocycles. The fraction of sp³-hybridized carbons (Fsp3) is 0.500. The molecule has 5 heteroatoms. The van der Waals surface area contributed by atoms with E-state index >= 15 is 0 Å². The first kappa shape index (κ1) is 10.6. The maximum Gasteiger partial charge on any atom is 0.142 e. The van der Waals surface area contributed by atoms with Gasteiger partial charge in [-0.15, -0.1) is 0 Å².